The Morgan fingerprint density at radius 1 is 1.43 bits per heavy atom. The summed E-state index contributed by atoms with van der Waals surface area (Å²) in [5.74, 6) is 0. The first-order chi connectivity index (χ1) is 6.52. The van der Waals surface area contributed by atoms with Crippen molar-refractivity contribution in [3.8, 4) is 0 Å². The number of fused-ring (bicyclic) bond motifs is 1. The zero-order chi connectivity index (χ0) is 10.3. The Kier molecular flexibility index (Phi) is 1.66. The number of rotatable bonds is 1. The summed E-state index contributed by atoms with van der Waals surface area (Å²) in [6.07, 6.45) is 0. The number of nitro benzene ring substituents is 1. The maximum absolute atomic E-state index is 11.0. The third-order valence-corrected chi connectivity index (χ3v) is 1.78. The minimum absolute atomic E-state index is 0.192. The molecule has 1 N–H and O–H groups in total. The molecule has 1 aliphatic rings. The Labute approximate surface area is 77.1 Å². The Morgan fingerprint density at radius 3 is 2.79 bits per heavy atom. The maximum Gasteiger partial charge on any atom is 0.301 e. The van der Waals surface area contributed by atoms with Crippen molar-refractivity contribution in [2.45, 2.75) is 0 Å². The number of nitrogens with zero attached hydrogens (tertiary/aromatic N) is 2. The summed E-state index contributed by atoms with van der Waals surface area (Å²) < 4.78 is 0. The molecule has 1 heterocycles. The molecule has 0 fully saturated rings. The van der Waals surface area contributed by atoms with E-state index in [1.54, 1.807) is 0 Å². The number of nitro groups is 1. The molecule has 2 rings (SSSR count). The smallest absolute Gasteiger partial charge is 0.301 e. The van der Waals surface area contributed by atoms with Crippen LogP contribution in [-0.2, 0) is 4.94 Å². The molecule has 14 heavy (non-hydrogen) atoms. The molecule has 0 aromatic heterocycles. The van der Waals surface area contributed by atoms with Crippen LogP contribution in [0.4, 0.5) is 17.1 Å². The Balaban J connectivity index is 2.61. The van der Waals surface area contributed by atoms with E-state index in [1.807, 2.05) is 5.48 Å². The van der Waals surface area contributed by atoms with Crippen molar-refractivity contribution in [2.24, 2.45) is 0 Å². The molecule has 0 unspecified atom stereocenters. The zero-order valence-corrected chi connectivity index (χ0v) is 6.67. The highest BCUT2D eigenvalue weighted by atomic mass is 17.2. The van der Waals surface area contributed by atoms with Gasteiger partial charge in [-0.2, -0.15) is 10.5 Å². The average molecular weight is 198 g/mol. The van der Waals surface area contributed by atoms with Crippen molar-refractivity contribution >= 4 is 17.1 Å². The van der Waals surface area contributed by atoms with E-state index in [2.05, 4.69) is 4.94 Å². The van der Waals surface area contributed by atoms with Crippen molar-refractivity contribution < 1.29 is 9.86 Å². The molecule has 0 spiro atoms. The van der Waals surface area contributed by atoms with Crippen molar-refractivity contribution in [3.63, 3.8) is 0 Å². The van der Waals surface area contributed by atoms with Crippen LogP contribution in [0.25, 0.3) is 0 Å². The zero-order valence-electron chi connectivity index (χ0n) is 6.67. The van der Waals surface area contributed by atoms with Crippen LogP contribution >= 0.6 is 0 Å². The molecule has 0 radical (unpaired) electrons. The van der Waals surface area contributed by atoms with E-state index in [0.717, 1.165) is 0 Å². The van der Waals surface area contributed by atoms with Gasteiger partial charge in [-0.05, 0) is 6.07 Å². The number of quaternary nitrogens is 1. The average Bonchev–Trinajstić information content (AvgIpc) is 2.42. The Bertz CT molecular complexity index is 404. The summed E-state index contributed by atoms with van der Waals surface area (Å²) in [7, 11) is 0. The summed E-state index contributed by atoms with van der Waals surface area (Å²) in [5.41, 5.74) is 1.03. The highest BCUT2D eigenvalue weighted by Gasteiger charge is 2.33. The lowest BCUT2D eigenvalue weighted by molar-refractivity contribution is -0.384. The van der Waals surface area contributed by atoms with Crippen molar-refractivity contribution in [1.82, 2.24) is 4.97 Å². The van der Waals surface area contributed by atoms with Gasteiger partial charge in [0.2, 0.25) is 11.4 Å². The quantitative estimate of drug-likeness (QED) is 0.313. The predicted octanol–water partition coefficient (Wildman–Crippen LogP) is 1.17. The van der Waals surface area contributed by atoms with Gasteiger partial charge in [-0.15, -0.1) is 0 Å². The Hall–Kier alpha value is -1.74. The number of para-hydroxylation sites is 1. The lowest BCUT2D eigenvalue weighted by Gasteiger charge is -2.34. The molecule has 0 atom stereocenters. The second-order valence-electron chi connectivity index (χ2n) is 2.62. The fourth-order valence-electron chi connectivity index (χ4n) is 1.17. The van der Waals surface area contributed by atoms with Crippen molar-refractivity contribution in [3.05, 3.63) is 38.7 Å². The summed E-state index contributed by atoms with van der Waals surface area (Å²) >= 11 is 0. The van der Waals surface area contributed by atoms with E-state index in [-0.39, 0.29) is 17.1 Å². The van der Waals surface area contributed by atoms with E-state index < -0.39 is 9.90 Å². The Morgan fingerprint density at radius 2 is 2.14 bits per heavy atom. The molecule has 74 valence electrons. The van der Waals surface area contributed by atoms with Crippen LogP contribution in [0.5, 0.6) is 0 Å². The number of benzene rings is 1. The van der Waals surface area contributed by atoms with Gasteiger partial charge in [0, 0.05) is 12.1 Å². The molecule has 1 aromatic carbocycles. The summed E-state index contributed by atoms with van der Waals surface area (Å²) in [6.45, 7) is 0. The van der Waals surface area contributed by atoms with E-state index in [4.69, 9.17) is 0 Å². The maximum atomic E-state index is 11.0. The van der Waals surface area contributed by atoms with Crippen LogP contribution < -0.4 is 10.5 Å². The SMILES string of the molecule is O=[N+]([O-])c1cccc2c1NO[N+]2([O-])[O-]. The first kappa shape index (κ1) is 8.84. The minimum Gasteiger partial charge on any atom is -0.590 e. The standard InChI is InChI=1S/C6H4N3O5/c10-8(11)4-2-1-3-5-6(4)7-14-9(5,12)13/h1-3,7H/q-1. The van der Waals surface area contributed by atoms with Crippen LogP contribution in [-0.4, -0.2) is 4.92 Å². The second-order valence-corrected chi connectivity index (χ2v) is 2.62. The van der Waals surface area contributed by atoms with Gasteiger partial charge in [-0.25, -0.2) is 0 Å². The van der Waals surface area contributed by atoms with Gasteiger partial charge in [0.05, 0.1) is 4.92 Å². The molecule has 0 saturated heterocycles. The monoisotopic (exact) mass is 198 g/mol. The highest BCUT2D eigenvalue weighted by Crippen LogP contribution is 2.42. The summed E-state index contributed by atoms with van der Waals surface area (Å²) in [4.78, 5) is 11.5. The third-order valence-electron chi connectivity index (χ3n) is 1.78. The lowest BCUT2D eigenvalue weighted by Crippen LogP contribution is -2.32. The predicted molar refractivity (Wildman–Crippen MR) is 46.3 cm³/mol. The normalized spacial score (nSPS) is 17.3. The first-order valence-electron chi connectivity index (χ1n) is 3.56. The number of nitrogens with one attached hydrogen (secondary N) is 1. The van der Waals surface area contributed by atoms with E-state index in [9.17, 15) is 20.5 Å². The molecule has 8 nitrogen and oxygen atoms in total. The van der Waals surface area contributed by atoms with Gasteiger partial charge >= 0.3 is 5.69 Å². The summed E-state index contributed by atoms with van der Waals surface area (Å²) in [5, 5.41) is 32.4. The van der Waals surface area contributed by atoms with Crippen LogP contribution in [0.15, 0.2) is 18.2 Å². The molecule has 0 amide bonds. The second kappa shape index (κ2) is 2.62. The molecule has 0 saturated carbocycles. The molecule has 1 aliphatic heterocycles. The minimum atomic E-state index is -2.36. The van der Waals surface area contributed by atoms with Gasteiger partial charge in [0.15, 0.2) is 0 Å². The van der Waals surface area contributed by atoms with Crippen LogP contribution in [0.3, 0.4) is 0 Å². The van der Waals surface area contributed by atoms with Gasteiger partial charge in [-0.3, -0.25) is 10.1 Å². The van der Waals surface area contributed by atoms with E-state index in [1.165, 1.54) is 18.2 Å². The number of hydrogen-bond acceptors (Lipinski definition) is 6. The van der Waals surface area contributed by atoms with E-state index >= 15 is 0 Å². The van der Waals surface area contributed by atoms with Crippen LogP contribution in [0.1, 0.15) is 0 Å². The van der Waals surface area contributed by atoms with Gasteiger partial charge < -0.3 is 10.4 Å². The largest absolute Gasteiger partial charge is 0.590 e. The summed E-state index contributed by atoms with van der Waals surface area (Å²) in [6, 6.07) is 3.58. The highest BCUT2D eigenvalue weighted by molar-refractivity contribution is 5.78. The molecule has 0 bridgehead atoms. The molecular formula is C6H4N3O5-. The molecule has 8 heteroatoms. The molecule has 1 aromatic rings. The molecule has 0 aliphatic carbocycles. The fraction of sp³-hybridized carbons (Fsp3) is 0. The van der Waals surface area contributed by atoms with Crippen molar-refractivity contribution in [2.75, 3.05) is 5.48 Å². The van der Waals surface area contributed by atoms with Crippen molar-refractivity contribution in [1.29, 1.82) is 0 Å². The lowest BCUT2D eigenvalue weighted by atomic mass is 10.2. The van der Waals surface area contributed by atoms with Gasteiger partial charge in [0.1, 0.15) is 0 Å². The van der Waals surface area contributed by atoms with Crippen LogP contribution in [0.2, 0.25) is 0 Å². The first-order valence-corrected chi connectivity index (χ1v) is 3.56. The fourth-order valence-corrected chi connectivity index (χ4v) is 1.17. The van der Waals surface area contributed by atoms with Gasteiger partial charge in [0.25, 0.3) is 0 Å². The topological polar surface area (TPSA) is 111 Å². The third kappa shape index (κ3) is 1.10. The molecular weight excluding hydrogens is 194 g/mol. The van der Waals surface area contributed by atoms with Gasteiger partial charge in [-0.1, -0.05) is 4.94 Å². The van der Waals surface area contributed by atoms with Crippen LogP contribution in [0, 0.1) is 20.5 Å². The number of hydrogen-bond donors (Lipinski definition) is 1. The number of anilines is 1. The van der Waals surface area contributed by atoms with E-state index in [0.29, 0.717) is 0 Å².